The number of nitrogens with zero attached hydrogens (tertiary/aromatic N) is 5. The van der Waals surface area contributed by atoms with Crippen LogP contribution in [0.15, 0.2) is 64.9 Å². The number of fused-ring (bicyclic) bond motifs is 1. The number of phenolic OH excluding ortho intramolecular Hbond substituents is 1. The fourth-order valence-corrected chi connectivity index (χ4v) is 2.91. The predicted molar refractivity (Wildman–Crippen MR) is 106 cm³/mol. The second-order valence-electron chi connectivity index (χ2n) is 5.82. The average Bonchev–Trinajstić information content (AvgIpc) is 3.15. The Labute approximate surface area is 163 Å². The van der Waals surface area contributed by atoms with Crippen LogP contribution in [0.3, 0.4) is 0 Å². The highest BCUT2D eigenvalue weighted by Gasteiger charge is 2.11. The topological polar surface area (TPSA) is 94.5 Å². The number of ether oxygens (including phenoxy) is 1. The van der Waals surface area contributed by atoms with E-state index >= 15 is 0 Å². The Morgan fingerprint density at radius 1 is 1.25 bits per heavy atom. The summed E-state index contributed by atoms with van der Waals surface area (Å²) in [6.45, 7) is 0. The zero-order chi connectivity index (χ0) is 19.7. The van der Waals surface area contributed by atoms with Gasteiger partial charge in [-0.3, -0.25) is 4.79 Å². The number of rotatable bonds is 4. The molecule has 0 radical (unpaired) electrons. The van der Waals surface area contributed by atoms with E-state index in [1.54, 1.807) is 10.7 Å². The van der Waals surface area contributed by atoms with Crippen molar-refractivity contribution in [2.75, 3.05) is 7.11 Å². The Morgan fingerprint density at radius 2 is 2.04 bits per heavy atom. The maximum Gasteiger partial charge on any atom is 0.285 e. The third-order valence-electron chi connectivity index (χ3n) is 4.07. The molecular weight excluding hydrogens is 382 g/mol. The zero-order valence-electron chi connectivity index (χ0n) is 14.7. The lowest BCUT2D eigenvalue weighted by atomic mass is 10.2. The lowest BCUT2D eigenvalue weighted by Gasteiger charge is -2.06. The summed E-state index contributed by atoms with van der Waals surface area (Å²) in [6.07, 6.45) is 4.20. The smallest absolute Gasteiger partial charge is 0.285 e. The standard InChI is InChI=1S/C19H14ClN5O3/c1-28-16-8-12(7-15(20)17(16)26)9-22-24-11-21-18-14(19(24)27)10-23-25(18)13-5-3-2-4-6-13/h2-11,26H,1H3/b22-9+. The van der Waals surface area contributed by atoms with Crippen molar-refractivity contribution < 1.29 is 9.84 Å². The van der Waals surface area contributed by atoms with E-state index in [0.717, 1.165) is 10.4 Å². The Balaban J connectivity index is 1.73. The molecule has 2 aromatic heterocycles. The molecule has 4 rings (SSSR count). The van der Waals surface area contributed by atoms with Gasteiger partial charge in [-0.25, -0.2) is 9.67 Å². The minimum absolute atomic E-state index is 0.117. The van der Waals surface area contributed by atoms with Crippen LogP contribution in [0, 0.1) is 0 Å². The van der Waals surface area contributed by atoms with Gasteiger partial charge >= 0.3 is 0 Å². The van der Waals surface area contributed by atoms with E-state index in [9.17, 15) is 9.90 Å². The first kappa shape index (κ1) is 17.7. The van der Waals surface area contributed by atoms with Gasteiger partial charge in [-0.2, -0.15) is 14.9 Å². The maximum absolute atomic E-state index is 12.7. The molecule has 9 heteroatoms. The van der Waals surface area contributed by atoms with Gasteiger partial charge in [0, 0.05) is 0 Å². The van der Waals surface area contributed by atoms with Crippen LogP contribution in [-0.2, 0) is 0 Å². The summed E-state index contributed by atoms with van der Waals surface area (Å²) in [5.41, 5.74) is 1.43. The van der Waals surface area contributed by atoms with E-state index in [2.05, 4.69) is 15.2 Å². The molecule has 0 saturated heterocycles. The molecule has 0 fully saturated rings. The molecule has 0 amide bonds. The lowest BCUT2D eigenvalue weighted by Crippen LogP contribution is -2.17. The fraction of sp³-hybridized carbons (Fsp3) is 0.0526. The molecule has 0 saturated carbocycles. The molecule has 0 aliphatic rings. The molecule has 0 atom stereocenters. The zero-order valence-corrected chi connectivity index (χ0v) is 15.4. The molecule has 4 aromatic rings. The summed E-state index contributed by atoms with van der Waals surface area (Å²) in [5, 5.41) is 18.6. The van der Waals surface area contributed by atoms with Crippen LogP contribution >= 0.6 is 11.6 Å². The summed E-state index contributed by atoms with van der Waals surface area (Å²) in [7, 11) is 1.42. The first-order chi connectivity index (χ1) is 13.6. The molecule has 2 heterocycles. The Bertz CT molecular complexity index is 1250. The van der Waals surface area contributed by atoms with Gasteiger partial charge in [0.1, 0.15) is 11.7 Å². The first-order valence-corrected chi connectivity index (χ1v) is 8.58. The van der Waals surface area contributed by atoms with Crippen LogP contribution in [0.25, 0.3) is 16.7 Å². The molecule has 0 spiro atoms. The molecule has 140 valence electrons. The second-order valence-corrected chi connectivity index (χ2v) is 6.23. The molecule has 0 aliphatic carbocycles. The number of aromatic nitrogens is 4. The number of aromatic hydroxyl groups is 1. The van der Waals surface area contributed by atoms with Crippen LogP contribution in [0.4, 0.5) is 0 Å². The normalized spacial score (nSPS) is 11.4. The Morgan fingerprint density at radius 3 is 2.79 bits per heavy atom. The molecule has 8 nitrogen and oxygen atoms in total. The summed E-state index contributed by atoms with van der Waals surface area (Å²) >= 11 is 5.97. The number of hydrogen-bond acceptors (Lipinski definition) is 6. The SMILES string of the molecule is COc1cc(/C=N/n2cnc3c(cnn3-c3ccccc3)c2=O)cc(Cl)c1O. The number of para-hydroxylation sites is 1. The predicted octanol–water partition coefficient (Wildman–Crippen LogP) is 2.83. The van der Waals surface area contributed by atoms with Gasteiger partial charge in [0.05, 0.1) is 30.2 Å². The number of phenols is 1. The van der Waals surface area contributed by atoms with Crippen molar-refractivity contribution in [3.05, 3.63) is 75.9 Å². The lowest BCUT2D eigenvalue weighted by molar-refractivity contribution is 0.373. The largest absolute Gasteiger partial charge is 0.503 e. The number of halogens is 1. The van der Waals surface area contributed by atoms with Crippen molar-refractivity contribution in [1.29, 1.82) is 0 Å². The Kier molecular flexibility index (Phi) is 4.54. The molecular formula is C19H14ClN5O3. The van der Waals surface area contributed by atoms with Gasteiger partial charge in [0.2, 0.25) is 0 Å². The monoisotopic (exact) mass is 395 g/mol. The highest BCUT2D eigenvalue weighted by molar-refractivity contribution is 6.32. The third kappa shape index (κ3) is 3.10. The van der Waals surface area contributed by atoms with Crippen molar-refractivity contribution in [2.45, 2.75) is 0 Å². The van der Waals surface area contributed by atoms with Gasteiger partial charge in [-0.05, 0) is 29.8 Å². The van der Waals surface area contributed by atoms with Crippen LogP contribution in [0.5, 0.6) is 11.5 Å². The van der Waals surface area contributed by atoms with Crippen LogP contribution in [0.2, 0.25) is 5.02 Å². The van der Waals surface area contributed by atoms with E-state index in [0.29, 0.717) is 16.6 Å². The molecule has 0 aliphatic heterocycles. The van der Waals surface area contributed by atoms with Crippen molar-refractivity contribution >= 4 is 28.8 Å². The highest BCUT2D eigenvalue weighted by atomic mass is 35.5. The summed E-state index contributed by atoms with van der Waals surface area (Å²) in [4.78, 5) is 17.0. The molecule has 0 bridgehead atoms. The van der Waals surface area contributed by atoms with E-state index in [-0.39, 0.29) is 22.1 Å². The summed E-state index contributed by atoms with van der Waals surface area (Å²) in [6, 6.07) is 12.5. The molecule has 28 heavy (non-hydrogen) atoms. The molecule has 1 N–H and O–H groups in total. The van der Waals surface area contributed by atoms with Gasteiger partial charge in [0.25, 0.3) is 5.56 Å². The summed E-state index contributed by atoms with van der Waals surface area (Å²) < 4.78 is 7.75. The quantitative estimate of drug-likeness (QED) is 0.536. The van der Waals surface area contributed by atoms with Crippen LogP contribution in [0.1, 0.15) is 5.56 Å². The number of benzene rings is 2. The van der Waals surface area contributed by atoms with E-state index in [1.165, 1.54) is 31.9 Å². The van der Waals surface area contributed by atoms with Gasteiger partial charge < -0.3 is 9.84 Å². The minimum atomic E-state index is -0.361. The van der Waals surface area contributed by atoms with Crippen molar-refractivity contribution in [1.82, 2.24) is 19.4 Å². The van der Waals surface area contributed by atoms with Crippen molar-refractivity contribution in [3.63, 3.8) is 0 Å². The summed E-state index contributed by atoms with van der Waals surface area (Å²) in [5.74, 6) is 0.0499. The van der Waals surface area contributed by atoms with E-state index in [1.807, 2.05) is 30.3 Å². The fourth-order valence-electron chi connectivity index (χ4n) is 2.70. The van der Waals surface area contributed by atoms with E-state index < -0.39 is 0 Å². The van der Waals surface area contributed by atoms with Crippen molar-refractivity contribution in [2.24, 2.45) is 5.10 Å². The molecule has 0 unspecified atom stereocenters. The second kappa shape index (κ2) is 7.16. The van der Waals surface area contributed by atoms with Crippen LogP contribution in [-0.4, -0.2) is 37.9 Å². The first-order valence-electron chi connectivity index (χ1n) is 8.20. The molecule has 2 aromatic carbocycles. The van der Waals surface area contributed by atoms with Gasteiger partial charge in [-0.15, -0.1) is 0 Å². The highest BCUT2D eigenvalue weighted by Crippen LogP contribution is 2.34. The van der Waals surface area contributed by atoms with Gasteiger partial charge in [0.15, 0.2) is 17.1 Å². The van der Waals surface area contributed by atoms with Gasteiger partial charge in [-0.1, -0.05) is 29.8 Å². The van der Waals surface area contributed by atoms with Crippen LogP contribution < -0.4 is 10.3 Å². The Hall–Kier alpha value is -3.65. The number of methoxy groups -OCH3 is 1. The maximum atomic E-state index is 12.7. The van der Waals surface area contributed by atoms with E-state index in [4.69, 9.17) is 16.3 Å². The van der Waals surface area contributed by atoms with Crippen molar-refractivity contribution in [3.8, 4) is 17.2 Å². The number of hydrogen-bond donors (Lipinski definition) is 1. The average molecular weight is 396 g/mol. The minimum Gasteiger partial charge on any atom is -0.503 e. The third-order valence-corrected chi connectivity index (χ3v) is 4.36.